The van der Waals surface area contributed by atoms with Gasteiger partial charge in [-0.1, -0.05) is 34.1 Å². The van der Waals surface area contributed by atoms with Gasteiger partial charge in [0.25, 0.3) is 0 Å². The van der Waals surface area contributed by atoms with Crippen molar-refractivity contribution in [2.75, 3.05) is 6.61 Å². The second-order valence-corrected chi connectivity index (χ2v) is 5.90. The molecule has 0 N–H and O–H groups in total. The predicted octanol–water partition coefficient (Wildman–Crippen LogP) is 3.19. The first kappa shape index (κ1) is 15.6. The average Bonchev–Trinajstić information content (AvgIpc) is 2.55. The van der Waals surface area contributed by atoms with Gasteiger partial charge in [-0.3, -0.25) is 4.57 Å². The highest BCUT2D eigenvalue weighted by Crippen LogP contribution is 2.16. The largest absolute Gasteiger partial charge is 0.494 e. The molecular weight excluding hydrogens is 362 g/mol. The molecule has 0 fully saturated rings. The summed E-state index contributed by atoms with van der Waals surface area (Å²) in [5.41, 5.74) is -0.0581. The van der Waals surface area contributed by atoms with Crippen molar-refractivity contribution in [3.05, 3.63) is 74.0 Å². The van der Waals surface area contributed by atoms with Gasteiger partial charge in [0.05, 0.1) is 17.5 Å². The number of rotatable bonds is 5. The molecular formula is C17H14BrNO4. The van der Waals surface area contributed by atoms with Gasteiger partial charge in [0.15, 0.2) is 0 Å². The Balaban J connectivity index is 1.78. The monoisotopic (exact) mass is 375 g/mol. The van der Waals surface area contributed by atoms with Crippen LogP contribution < -0.4 is 16.1 Å². The molecule has 5 nitrogen and oxygen atoms in total. The van der Waals surface area contributed by atoms with Gasteiger partial charge >= 0.3 is 11.4 Å². The zero-order valence-electron chi connectivity index (χ0n) is 12.2. The molecule has 1 aromatic heterocycles. The zero-order chi connectivity index (χ0) is 16.2. The fraction of sp³-hybridized carbons (Fsp3) is 0.176. The van der Waals surface area contributed by atoms with Crippen LogP contribution in [-0.2, 0) is 6.54 Å². The fourth-order valence-corrected chi connectivity index (χ4v) is 2.70. The fourth-order valence-electron chi connectivity index (χ4n) is 2.34. The lowest BCUT2D eigenvalue weighted by molar-refractivity contribution is 0.296. The normalized spacial score (nSPS) is 10.8. The summed E-state index contributed by atoms with van der Waals surface area (Å²) in [5.74, 6) is 0.137. The Morgan fingerprint density at radius 3 is 2.65 bits per heavy atom. The van der Waals surface area contributed by atoms with Crippen LogP contribution in [0.4, 0.5) is 0 Å². The molecule has 0 amide bonds. The molecule has 3 aromatic rings. The van der Waals surface area contributed by atoms with Crippen LogP contribution in [0.3, 0.4) is 0 Å². The summed E-state index contributed by atoms with van der Waals surface area (Å²) in [5, 5.41) is 0.378. The number of benzene rings is 2. The molecule has 0 bridgehead atoms. The van der Waals surface area contributed by atoms with Gasteiger partial charge in [0.2, 0.25) is 0 Å². The van der Waals surface area contributed by atoms with E-state index < -0.39 is 11.4 Å². The first-order chi connectivity index (χ1) is 11.1. The lowest BCUT2D eigenvalue weighted by Gasteiger charge is -2.09. The summed E-state index contributed by atoms with van der Waals surface area (Å²) in [4.78, 5) is 23.7. The van der Waals surface area contributed by atoms with Crippen molar-refractivity contribution in [1.82, 2.24) is 4.57 Å². The first-order valence-corrected chi connectivity index (χ1v) is 7.95. The molecule has 0 aliphatic heterocycles. The molecule has 0 aliphatic rings. The molecule has 1 heterocycles. The van der Waals surface area contributed by atoms with E-state index in [0.29, 0.717) is 30.5 Å². The van der Waals surface area contributed by atoms with E-state index in [4.69, 9.17) is 9.15 Å². The highest BCUT2D eigenvalue weighted by Gasteiger charge is 2.09. The summed E-state index contributed by atoms with van der Waals surface area (Å²) in [6.07, 6.45) is 0.619. The highest BCUT2D eigenvalue weighted by atomic mass is 79.9. The van der Waals surface area contributed by atoms with Gasteiger partial charge in [0.1, 0.15) is 5.75 Å². The number of para-hydroxylation sites is 1. The number of aryl methyl sites for hydroxylation is 1. The van der Waals surface area contributed by atoms with Crippen LogP contribution in [0.5, 0.6) is 5.75 Å². The molecule has 118 valence electrons. The van der Waals surface area contributed by atoms with Crippen LogP contribution >= 0.6 is 15.9 Å². The summed E-state index contributed by atoms with van der Waals surface area (Å²) in [6.45, 7) is 0.876. The quantitative estimate of drug-likeness (QED) is 0.642. The van der Waals surface area contributed by atoms with Crippen LogP contribution in [-0.4, -0.2) is 11.2 Å². The molecule has 2 aromatic carbocycles. The minimum atomic E-state index is -0.649. The van der Waals surface area contributed by atoms with Crippen LogP contribution in [0.1, 0.15) is 6.42 Å². The highest BCUT2D eigenvalue weighted by molar-refractivity contribution is 9.10. The summed E-state index contributed by atoms with van der Waals surface area (Å²) in [7, 11) is 0. The third-order valence-corrected chi connectivity index (χ3v) is 3.90. The zero-order valence-corrected chi connectivity index (χ0v) is 13.8. The third kappa shape index (κ3) is 3.53. The van der Waals surface area contributed by atoms with E-state index in [1.165, 1.54) is 4.57 Å². The topological polar surface area (TPSA) is 61.4 Å². The van der Waals surface area contributed by atoms with Gasteiger partial charge in [-0.05, 0) is 36.8 Å². The summed E-state index contributed by atoms with van der Waals surface area (Å²) in [6, 6.07) is 14.6. The SMILES string of the molecule is O=c1oc(=O)n(CCCOc2ccccc2)c2ccc(Br)cc12. The summed E-state index contributed by atoms with van der Waals surface area (Å²) >= 11 is 3.31. The van der Waals surface area contributed by atoms with Crippen molar-refractivity contribution in [2.24, 2.45) is 0 Å². The number of fused-ring (bicyclic) bond motifs is 1. The number of aromatic nitrogens is 1. The van der Waals surface area contributed by atoms with Gasteiger partial charge in [-0.25, -0.2) is 9.59 Å². The first-order valence-electron chi connectivity index (χ1n) is 7.16. The van der Waals surface area contributed by atoms with E-state index in [-0.39, 0.29) is 0 Å². The Morgan fingerprint density at radius 2 is 1.87 bits per heavy atom. The van der Waals surface area contributed by atoms with Crippen LogP contribution in [0.15, 0.2) is 67.0 Å². The number of hydrogen-bond acceptors (Lipinski definition) is 4. The maximum atomic E-state index is 11.9. The van der Waals surface area contributed by atoms with Gasteiger partial charge < -0.3 is 9.15 Å². The van der Waals surface area contributed by atoms with Crippen molar-refractivity contribution < 1.29 is 9.15 Å². The molecule has 3 rings (SSSR count). The molecule has 0 aliphatic carbocycles. The second-order valence-electron chi connectivity index (χ2n) is 4.98. The van der Waals surface area contributed by atoms with E-state index in [1.54, 1.807) is 18.2 Å². The van der Waals surface area contributed by atoms with Crippen molar-refractivity contribution in [3.8, 4) is 5.75 Å². The molecule has 0 atom stereocenters. The van der Waals surface area contributed by atoms with Gasteiger partial charge in [-0.2, -0.15) is 0 Å². The van der Waals surface area contributed by atoms with E-state index in [0.717, 1.165) is 10.2 Å². The maximum absolute atomic E-state index is 11.9. The lowest BCUT2D eigenvalue weighted by Crippen LogP contribution is -2.25. The molecule has 6 heteroatoms. The van der Waals surface area contributed by atoms with Gasteiger partial charge in [-0.15, -0.1) is 0 Å². The summed E-state index contributed by atoms with van der Waals surface area (Å²) < 4.78 is 12.6. The van der Waals surface area contributed by atoms with E-state index in [1.807, 2.05) is 30.3 Å². The molecule has 0 spiro atoms. The van der Waals surface area contributed by atoms with E-state index in [9.17, 15) is 9.59 Å². The smallest absolute Gasteiger partial charge is 0.422 e. The maximum Gasteiger partial charge on any atom is 0.422 e. The molecule has 0 unspecified atom stereocenters. The van der Waals surface area contributed by atoms with Crippen molar-refractivity contribution in [2.45, 2.75) is 13.0 Å². The molecule has 0 saturated carbocycles. The standard InChI is InChI=1S/C17H14BrNO4/c18-12-7-8-15-14(11-12)16(20)23-17(21)19(15)9-4-10-22-13-5-2-1-3-6-13/h1-3,5-8,11H,4,9-10H2. The van der Waals surface area contributed by atoms with Crippen molar-refractivity contribution in [3.63, 3.8) is 0 Å². The van der Waals surface area contributed by atoms with Crippen LogP contribution in [0.25, 0.3) is 10.9 Å². The Hall–Kier alpha value is -2.34. The van der Waals surface area contributed by atoms with Crippen molar-refractivity contribution >= 4 is 26.8 Å². The minimum Gasteiger partial charge on any atom is -0.494 e. The molecule has 23 heavy (non-hydrogen) atoms. The van der Waals surface area contributed by atoms with E-state index >= 15 is 0 Å². The second kappa shape index (κ2) is 6.83. The Kier molecular flexibility index (Phi) is 4.62. The number of hydrogen-bond donors (Lipinski definition) is 0. The Labute approximate surface area is 140 Å². The van der Waals surface area contributed by atoms with Crippen molar-refractivity contribution in [1.29, 1.82) is 0 Å². The Bertz CT molecular complexity index is 931. The van der Waals surface area contributed by atoms with E-state index in [2.05, 4.69) is 15.9 Å². The average molecular weight is 376 g/mol. The number of halogens is 1. The van der Waals surface area contributed by atoms with Gasteiger partial charge in [0, 0.05) is 11.0 Å². The minimum absolute atomic E-state index is 0.378. The lowest BCUT2D eigenvalue weighted by atomic mass is 10.2. The number of nitrogens with zero attached hydrogens (tertiary/aromatic N) is 1. The third-order valence-electron chi connectivity index (χ3n) is 3.41. The molecule has 0 saturated heterocycles. The Morgan fingerprint density at radius 1 is 1.09 bits per heavy atom. The number of ether oxygens (including phenoxy) is 1. The van der Waals surface area contributed by atoms with Crippen LogP contribution in [0.2, 0.25) is 0 Å². The predicted molar refractivity (Wildman–Crippen MR) is 91.0 cm³/mol. The molecule has 0 radical (unpaired) electrons. The van der Waals surface area contributed by atoms with Crippen LogP contribution in [0, 0.1) is 0 Å².